The number of aryl methyl sites for hydroxylation is 2. The monoisotopic (exact) mass is 310 g/mol. The van der Waals surface area contributed by atoms with E-state index in [0.29, 0.717) is 36.9 Å². The van der Waals surface area contributed by atoms with Gasteiger partial charge < -0.3 is 16.4 Å². The zero-order valence-corrected chi connectivity index (χ0v) is 12.7. The van der Waals surface area contributed by atoms with Gasteiger partial charge in [-0.2, -0.15) is 9.97 Å². The highest BCUT2D eigenvalue weighted by molar-refractivity contribution is 5.89. The zero-order valence-electron chi connectivity index (χ0n) is 12.7. The van der Waals surface area contributed by atoms with Crippen LogP contribution < -0.4 is 16.4 Å². The van der Waals surface area contributed by atoms with Crippen molar-refractivity contribution in [2.75, 3.05) is 30.7 Å². The molecule has 0 aliphatic heterocycles. The van der Waals surface area contributed by atoms with E-state index < -0.39 is 6.43 Å². The third-order valence-corrected chi connectivity index (χ3v) is 3.13. The van der Waals surface area contributed by atoms with Gasteiger partial charge in [-0.3, -0.25) is 0 Å². The number of nitrogens with two attached hydrogens (primary N) is 1. The molecule has 0 bridgehead atoms. The zero-order chi connectivity index (χ0) is 16.1. The third kappa shape index (κ3) is 4.20. The Morgan fingerprint density at radius 1 is 1.18 bits per heavy atom. The smallest absolute Gasteiger partial charge is 0.250 e. The number of aromatic nitrogens is 3. The standard InChI is InChI=1S/C14H20F2N6/c1-8-6-9(2)20-13-11(8)12(17)21-14(22-13)19-5-3-4-18-7-10(15)16/h6,10,18H,3-5,7H2,1-2H3,(H3,17,19,20,21,22). The summed E-state index contributed by atoms with van der Waals surface area (Å²) >= 11 is 0. The largest absolute Gasteiger partial charge is 0.383 e. The summed E-state index contributed by atoms with van der Waals surface area (Å²) in [5.74, 6) is 0.782. The van der Waals surface area contributed by atoms with Crippen molar-refractivity contribution >= 4 is 22.8 Å². The van der Waals surface area contributed by atoms with E-state index in [4.69, 9.17) is 5.73 Å². The fraction of sp³-hybridized carbons (Fsp3) is 0.500. The Balaban J connectivity index is 1.98. The van der Waals surface area contributed by atoms with Gasteiger partial charge in [0.25, 0.3) is 6.43 Å². The minimum absolute atomic E-state index is 0.290. The first kappa shape index (κ1) is 16.3. The number of pyridine rings is 1. The van der Waals surface area contributed by atoms with Crippen LogP contribution in [-0.2, 0) is 0 Å². The molecule has 8 heteroatoms. The molecule has 0 atom stereocenters. The fourth-order valence-corrected chi connectivity index (χ4v) is 2.21. The molecule has 0 aliphatic carbocycles. The summed E-state index contributed by atoms with van der Waals surface area (Å²) in [5.41, 5.74) is 8.38. The number of nitrogen functional groups attached to an aromatic ring is 1. The van der Waals surface area contributed by atoms with E-state index in [-0.39, 0.29) is 6.54 Å². The van der Waals surface area contributed by atoms with E-state index in [9.17, 15) is 8.78 Å². The molecule has 2 aromatic rings. The number of nitrogens with one attached hydrogen (secondary N) is 2. The highest BCUT2D eigenvalue weighted by atomic mass is 19.3. The molecule has 2 rings (SSSR count). The normalized spacial score (nSPS) is 11.3. The number of rotatable bonds is 7. The average molecular weight is 310 g/mol. The number of anilines is 2. The minimum atomic E-state index is -2.32. The van der Waals surface area contributed by atoms with Gasteiger partial charge >= 0.3 is 0 Å². The van der Waals surface area contributed by atoms with E-state index in [1.165, 1.54) is 0 Å². The van der Waals surface area contributed by atoms with Gasteiger partial charge in [-0.05, 0) is 38.4 Å². The van der Waals surface area contributed by atoms with Crippen molar-refractivity contribution in [3.63, 3.8) is 0 Å². The Morgan fingerprint density at radius 3 is 2.68 bits per heavy atom. The molecule has 0 aromatic carbocycles. The van der Waals surface area contributed by atoms with Crippen LogP contribution in [0.5, 0.6) is 0 Å². The summed E-state index contributed by atoms with van der Waals surface area (Å²) in [6.45, 7) is 4.61. The molecule has 0 fully saturated rings. The highest BCUT2D eigenvalue weighted by Gasteiger charge is 2.09. The predicted molar refractivity (Wildman–Crippen MR) is 83.2 cm³/mol. The molecule has 2 aromatic heterocycles. The molecular weight excluding hydrogens is 290 g/mol. The maximum Gasteiger partial charge on any atom is 0.250 e. The lowest BCUT2D eigenvalue weighted by Gasteiger charge is -2.09. The van der Waals surface area contributed by atoms with Crippen molar-refractivity contribution in [1.29, 1.82) is 0 Å². The Kier molecular flexibility index (Phi) is 5.37. The second kappa shape index (κ2) is 7.26. The summed E-state index contributed by atoms with van der Waals surface area (Å²) in [6, 6.07) is 1.93. The van der Waals surface area contributed by atoms with Crippen LogP contribution in [0, 0.1) is 13.8 Å². The van der Waals surface area contributed by atoms with Crippen LogP contribution in [-0.4, -0.2) is 41.0 Å². The van der Waals surface area contributed by atoms with Gasteiger partial charge in [-0.15, -0.1) is 0 Å². The van der Waals surface area contributed by atoms with E-state index in [1.54, 1.807) is 0 Å². The summed E-state index contributed by atoms with van der Waals surface area (Å²) in [6.07, 6.45) is -1.65. The highest BCUT2D eigenvalue weighted by Crippen LogP contribution is 2.22. The molecule has 0 amide bonds. The Hall–Kier alpha value is -2.09. The molecule has 0 saturated heterocycles. The Bertz CT molecular complexity index is 647. The fourth-order valence-electron chi connectivity index (χ4n) is 2.21. The van der Waals surface area contributed by atoms with Crippen molar-refractivity contribution in [1.82, 2.24) is 20.3 Å². The van der Waals surface area contributed by atoms with Crippen molar-refractivity contribution in [2.45, 2.75) is 26.7 Å². The van der Waals surface area contributed by atoms with E-state index in [2.05, 4.69) is 25.6 Å². The minimum Gasteiger partial charge on any atom is -0.383 e. The summed E-state index contributed by atoms with van der Waals surface area (Å²) < 4.78 is 23.9. The van der Waals surface area contributed by atoms with Crippen LogP contribution in [0.2, 0.25) is 0 Å². The molecule has 6 nitrogen and oxygen atoms in total. The molecular formula is C14H20F2N6. The van der Waals surface area contributed by atoms with E-state index in [1.807, 2.05) is 19.9 Å². The first-order valence-corrected chi connectivity index (χ1v) is 7.11. The Labute approximate surface area is 127 Å². The van der Waals surface area contributed by atoms with Crippen LogP contribution in [0.4, 0.5) is 20.5 Å². The van der Waals surface area contributed by atoms with Gasteiger partial charge in [-0.1, -0.05) is 0 Å². The maximum atomic E-state index is 11.9. The lowest BCUT2D eigenvalue weighted by molar-refractivity contribution is 0.146. The first-order chi connectivity index (χ1) is 10.5. The van der Waals surface area contributed by atoms with Crippen molar-refractivity contribution in [2.24, 2.45) is 0 Å². The number of hydrogen-bond donors (Lipinski definition) is 3. The van der Waals surface area contributed by atoms with Crippen LogP contribution in [0.15, 0.2) is 6.07 Å². The number of halogens is 2. The van der Waals surface area contributed by atoms with Gasteiger partial charge in [-0.25, -0.2) is 13.8 Å². The molecule has 4 N–H and O–H groups in total. The van der Waals surface area contributed by atoms with Gasteiger partial charge in [0.2, 0.25) is 5.95 Å². The quantitative estimate of drug-likeness (QED) is 0.677. The molecule has 0 unspecified atom stereocenters. The van der Waals surface area contributed by atoms with Gasteiger partial charge in [0.1, 0.15) is 5.82 Å². The lowest BCUT2D eigenvalue weighted by atomic mass is 10.1. The van der Waals surface area contributed by atoms with Crippen LogP contribution in [0.3, 0.4) is 0 Å². The first-order valence-electron chi connectivity index (χ1n) is 7.11. The van der Waals surface area contributed by atoms with Crippen LogP contribution >= 0.6 is 0 Å². The predicted octanol–water partition coefficient (Wildman–Crippen LogP) is 1.88. The molecule has 0 saturated carbocycles. The molecule has 2 heterocycles. The van der Waals surface area contributed by atoms with Crippen molar-refractivity contribution in [3.8, 4) is 0 Å². The molecule has 0 aliphatic rings. The van der Waals surface area contributed by atoms with Gasteiger partial charge in [0, 0.05) is 12.2 Å². The second-order valence-corrected chi connectivity index (χ2v) is 5.09. The average Bonchev–Trinajstić information content (AvgIpc) is 2.41. The summed E-state index contributed by atoms with van der Waals surface area (Å²) in [4.78, 5) is 12.9. The summed E-state index contributed by atoms with van der Waals surface area (Å²) in [7, 11) is 0. The lowest BCUT2D eigenvalue weighted by Crippen LogP contribution is -2.24. The third-order valence-electron chi connectivity index (χ3n) is 3.13. The number of alkyl halides is 2. The molecule has 0 radical (unpaired) electrons. The maximum absolute atomic E-state index is 11.9. The second-order valence-electron chi connectivity index (χ2n) is 5.09. The molecule has 120 valence electrons. The van der Waals surface area contributed by atoms with Crippen molar-refractivity contribution in [3.05, 3.63) is 17.3 Å². The van der Waals surface area contributed by atoms with E-state index in [0.717, 1.165) is 16.6 Å². The molecule has 22 heavy (non-hydrogen) atoms. The van der Waals surface area contributed by atoms with Crippen molar-refractivity contribution < 1.29 is 8.78 Å². The Morgan fingerprint density at radius 2 is 1.95 bits per heavy atom. The topological polar surface area (TPSA) is 88.8 Å². The number of fused-ring (bicyclic) bond motifs is 1. The van der Waals surface area contributed by atoms with E-state index >= 15 is 0 Å². The molecule has 0 spiro atoms. The summed E-state index contributed by atoms with van der Waals surface area (Å²) in [5, 5.41) is 6.45. The SMILES string of the molecule is Cc1cc(C)c2c(N)nc(NCCCNCC(F)F)nc2n1. The van der Waals surface area contributed by atoms with Crippen LogP contribution in [0.25, 0.3) is 11.0 Å². The number of hydrogen-bond acceptors (Lipinski definition) is 6. The number of nitrogens with zero attached hydrogens (tertiary/aromatic N) is 3. The van der Waals surface area contributed by atoms with Gasteiger partial charge in [0.05, 0.1) is 11.9 Å². The van der Waals surface area contributed by atoms with Crippen LogP contribution in [0.1, 0.15) is 17.7 Å². The van der Waals surface area contributed by atoms with Gasteiger partial charge in [0.15, 0.2) is 5.65 Å².